The minimum absolute atomic E-state index is 0.0434. The number of aromatic nitrogens is 3. The fourth-order valence-corrected chi connectivity index (χ4v) is 3.10. The van der Waals surface area contributed by atoms with Crippen LogP contribution in [-0.2, 0) is 11.2 Å². The fourth-order valence-electron chi connectivity index (χ4n) is 3.10. The number of rotatable bonds is 2. The summed E-state index contributed by atoms with van der Waals surface area (Å²) in [6, 6.07) is 9.40. The molecule has 0 unspecified atom stereocenters. The van der Waals surface area contributed by atoms with E-state index in [1.54, 1.807) is 19.2 Å². The van der Waals surface area contributed by atoms with E-state index in [0.717, 1.165) is 5.69 Å². The van der Waals surface area contributed by atoms with E-state index in [0.29, 0.717) is 28.3 Å². The molecule has 0 spiro atoms. The maximum Gasteiger partial charge on any atom is 0.277 e. The number of benzene rings is 1. The normalized spacial score (nSPS) is 12.6. The molecule has 2 amide bonds. The number of H-pyrrole nitrogens is 1. The summed E-state index contributed by atoms with van der Waals surface area (Å²) in [5, 5.41) is 9.64. The lowest BCUT2D eigenvalue weighted by atomic mass is 10.0. The van der Waals surface area contributed by atoms with Gasteiger partial charge < -0.3 is 5.32 Å². The van der Waals surface area contributed by atoms with E-state index in [2.05, 4.69) is 20.5 Å². The Labute approximate surface area is 154 Å². The quantitative estimate of drug-likeness (QED) is 0.730. The van der Waals surface area contributed by atoms with Crippen molar-refractivity contribution in [2.75, 3.05) is 17.3 Å². The van der Waals surface area contributed by atoms with Gasteiger partial charge in [0.25, 0.3) is 5.91 Å². The second-order valence-corrected chi connectivity index (χ2v) is 6.34. The second-order valence-electron chi connectivity index (χ2n) is 6.34. The molecule has 0 atom stereocenters. The van der Waals surface area contributed by atoms with Crippen LogP contribution < -0.4 is 10.2 Å². The van der Waals surface area contributed by atoms with Crippen molar-refractivity contribution in [3.8, 4) is 11.3 Å². The topological polar surface area (TPSA) is 91.0 Å². The van der Waals surface area contributed by atoms with Crippen LogP contribution in [0.4, 0.5) is 15.9 Å². The second kappa shape index (κ2) is 6.31. The minimum Gasteiger partial charge on any atom is -0.325 e. The number of halogens is 1. The van der Waals surface area contributed by atoms with E-state index < -0.39 is 5.82 Å². The summed E-state index contributed by atoms with van der Waals surface area (Å²) >= 11 is 0. The maximum atomic E-state index is 13.7. The number of carbonyl (C=O) groups excluding carboxylic acids is 2. The lowest BCUT2D eigenvalue weighted by Crippen LogP contribution is -2.29. The Balaban J connectivity index is 1.79. The highest BCUT2D eigenvalue weighted by molar-refractivity contribution is 6.08. The third-order valence-electron chi connectivity index (χ3n) is 4.45. The Morgan fingerprint density at radius 1 is 1.26 bits per heavy atom. The number of aryl methyl sites for hydroxylation is 1. The molecular formula is C19H16FN5O2. The molecule has 1 aliphatic rings. The summed E-state index contributed by atoms with van der Waals surface area (Å²) < 4.78 is 13.7. The van der Waals surface area contributed by atoms with Gasteiger partial charge in [0.05, 0.1) is 17.8 Å². The number of anilines is 2. The molecule has 3 aromatic rings. The number of nitrogens with zero attached hydrogens (tertiary/aromatic N) is 3. The third kappa shape index (κ3) is 2.95. The Bertz CT molecular complexity index is 1080. The van der Waals surface area contributed by atoms with Crippen LogP contribution in [0.25, 0.3) is 11.3 Å². The van der Waals surface area contributed by atoms with E-state index in [-0.39, 0.29) is 23.9 Å². The molecule has 7 nitrogen and oxygen atoms in total. The van der Waals surface area contributed by atoms with Gasteiger partial charge in [0, 0.05) is 23.9 Å². The highest BCUT2D eigenvalue weighted by Crippen LogP contribution is 2.34. The molecule has 1 aliphatic heterocycles. The van der Waals surface area contributed by atoms with Crippen LogP contribution in [0, 0.1) is 12.7 Å². The average molecular weight is 365 g/mol. The van der Waals surface area contributed by atoms with Crippen molar-refractivity contribution in [3.05, 3.63) is 59.2 Å². The molecule has 2 N–H and O–H groups in total. The molecule has 0 radical (unpaired) electrons. The van der Waals surface area contributed by atoms with Gasteiger partial charge in [-0.2, -0.15) is 5.10 Å². The van der Waals surface area contributed by atoms with Gasteiger partial charge in [-0.1, -0.05) is 6.07 Å². The van der Waals surface area contributed by atoms with E-state index in [4.69, 9.17) is 0 Å². The fraction of sp³-hybridized carbons (Fsp3) is 0.158. The number of fused-ring (bicyclic) bond motifs is 3. The van der Waals surface area contributed by atoms with Crippen molar-refractivity contribution in [1.82, 2.24) is 15.2 Å². The zero-order valence-corrected chi connectivity index (χ0v) is 14.7. The van der Waals surface area contributed by atoms with Crippen molar-refractivity contribution in [2.45, 2.75) is 13.3 Å². The molecule has 136 valence electrons. The lowest BCUT2D eigenvalue weighted by molar-refractivity contribution is -0.115. The first-order valence-electron chi connectivity index (χ1n) is 8.33. The monoisotopic (exact) mass is 365 g/mol. The first kappa shape index (κ1) is 16.9. The average Bonchev–Trinajstić information content (AvgIpc) is 2.99. The molecule has 3 heterocycles. The SMILES string of the molecule is Cc1cccc(N(C)C(=O)c2[nH]nc3c2CC(=O)Nc2ccc(F)cc2-3)n1. The molecular weight excluding hydrogens is 349 g/mol. The number of nitrogens with one attached hydrogen (secondary N) is 2. The number of carbonyl (C=O) groups is 2. The number of hydrogen-bond acceptors (Lipinski definition) is 4. The van der Waals surface area contributed by atoms with Crippen molar-refractivity contribution < 1.29 is 14.0 Å². The van der Waals surface area contributed by atoms with Crippen molar-refractivity contribution in [2.24, 2.45) is 0 Å². The molecule has 0 saturated heterocycles. The number of aromatic amines is 1. The summed E-state index contributed by atoms with van der Waals surface area (Å²) in [7, 11) is 1.60. The van der Waals surface area contributed by atoms with Crippen molar-refractivity contribution >= 4 is 23.3 Å². The predicted molar refractivity (Wildman–Crippen MR) is 98.0 cm³/mol. The van der Waals surface area contributed by atoms with Gasteiger partial charge in [-0.3, -0.25) is 19.6 Å². The summed E-state index contributed by atoms with van der Waals surface area (Å²) in [6.07, 6.45) is -0.0434. The zero-order valence-electron chi connectivity index (χ0n) is 14.7. The molecule has 8 heteroatoms. The van der Waals surface area contributed by atoms with Gasteiger partial charge in [0.15, 0.2) is 0 Å². The molecule has 1 aromatic carbocycles. The van der Waals surface area contributed by atoms with E-state index in [1.165, 1.54) is 23.1 Å². The minimum atomic E-state index is -0.451. The van der Waals surface area contributed by atoms with E-state index in [1.807, 2.05) is 13.0 Å². The third-order valence-corrected chi connectivity index (χ3v) is 4.45. The molecule has 27 heavy (non-hydrogen) atoms. The van der Waals surface area contributed by atoms with Crippen LogP contribution in [0.5, 0.6) is 0 Å². The highest BCUT2D eigenvalue weighted by atomic mass is 19.1. The predicted octanol–water partition coefficient (Wildman–Crippen LogP) is 2.69. The van der Waals surface area contributed by atoms with E-state index >= 15 is 0 Å². The lowest BCUT2D eigenvalue weighted by Gasteiger charge is -2.16. The van der Waals surface area contributed by atoms with Gasteiger partial charge >= 0.3 is 0 Å². The molecule has 2 aromatic heterocycles. The largest absolute Gasteiger partial charge is 0.325 e. The smallest absolute Gasteiger partial charge is 0.277 e. The van der Waals surface area contributed by atoms with Gasteiger partial charge in [0.1, 0.15) is 17.3 Å². The Hall–Kier alpha value is -3.55. The molecule has 0 fully saturated rings. The van der Waals surface area contributed by atoms with Crippen LogP contribution in [0.1, 0.15) is 21.7 Å². The summed E-state index contributed by atoms with van der Waals surface area (Å²) in [5.41, 5.74) is 2.67. The van der Waals surface area contributed by atoms with Crippen LogP contribution in [0.3, 0.4) is 0 Å². The van der Waals surface area contributed by atoms with Crippen LogP contribution >= 0.6 is 0 Å². The summed E-state index contributed by atoms with van der Waals surface area (Å²) in [6.45, 7) is 1.83. The first-order valence-corrected chi connectivity index (χ1v) is 8.33. The highest BCUT2D eigenvalue weighted by Gasteiger charge is 2.29. The maximum absolute atomic E-state index is 13.7. The van der Waals surface area contributed by atoms with Crippen LogP contribution in [-0.4, -0.2) is 34.0 Å². The zero-order chi connectivity index (χ0) is 19.1. The number of hydrogen-bond donors (Lipinski definition) is 2. The standard InChI is InChI=1S/C19H16FN5O2/c1-10-4-3-5-15(21-10)25(2)19(27)18-13-9-16(26)22-14-7-6-11(20)8-12(14)17(13)23-24-18/h3-8H,9H2,1-2H3,(H,22,26)(H,23,24). The van der Waals surface area contributed by atoms with Crippen molar-refractivity contribution in [1.29, 1.82) is 0 Å². The molecule has 0 aliphatic carbocycles. The first-order chi connectivity index (χ1) is 12.9. The molecule has 4 rings (SSSR count). The number of amides is 2. The van der Waals surface area contributed by atoms with E-state index in [9.17, 15) is 14.0 Å². The Morgan fingerprint density at radius 2 is 2.07 bits per heavy atom. The summed E-state index contributed by atoms with van der Waals surface area (Å²) in [4.78, 5) is 31.0. The molecule has 0 saturated carbocycles. The van der Waals surface area contributed by atoms with Gasteiger partial charge in [-0.25, -0.2) is 9.37 Å². The van der Waals surface area contributed by atoms with Gasteiger partial charge in [0.2, 0.25) is 5.91 Å². The van der Waals surface area contributed by atoms with Gasteiger partial charge in [-0.05, 0) is 37.3 Å². The Kier molecular flexibility index (Phi) is 3.95. The van der Waals surface area contributed by atoms with Gasteiger partial charge in [-0.15, -0.1) is 0 Å². The molecule has 0 bridgehead atoms. The Morgan fingerprint density at radius 3 is 2.85 bits per heavy atom. The van der Waals surface area contributed by atoms with Crippen LogP contribution in [0.2, 0.25) is 0 Å². The van der Waals surface area contributed by atoms with Crippen LogP contribution in [0.15, 0.2) is 36.4 Å². The summed E-state index contributed by atoms with van der Waals surface area (Å²) in [5.74, 6) is -0.649. The van der Waals surface area contributed by atoms with Crippen molar-refractivity contribution in [3.63, 3.8) is 0 Å². The number of pyridine rings is 1.